The first-order valence-electron chi connectivity index (χ1n) is 10.8. The van der Waals surface area contributed by atoms with Crippen molar-refractivity contribution in [3.8, 4) is 5.75 Å². The van der Waals surface area contributed by atoms with E-state index < -0.39 is 7.26 Å². The quantitative estimate of drug-likeness (QED) is 0.339. The molecule has 0 bridgehead atoms. The van der Waals surface area contributed by atoms with Crippen LogP contribution in [0.3, 0.4) is 0 Å². The fourth-order valence-corrected chi connectivity index (χ4v) is 9.75. The average molecular weight is 426 g/mol. The Balaban J connectivity index is 2.10. The third-order valence-electron chi connectivity index (χ3n) is 6.13. The third kappa shape index (κ3) is 4.03. The molecule has 0 N–H and O–H groups in total. The monoisotopic (exact) mass is 425 g/mol. The molecule has 0 aliphatic carbocycles. The first-order chi connectivity index (χ1) is 15.1. The molecule has 1 nitrogen and oxygen atoms in total. The summed E-state index contributed by atoms with van der Waals surface area (Å²) < 4.78 is 5.57. The molecule has 4 rings (SSSR count). The molecule has 0 heterocycles. The number of hydrogen-bond donors (Lipinski definition) is 0. The maximum Gasteiger partial charge on any atom is 0.119 e. The van der Waals surface area contributed by atoms with Gasteiger partial charge in [0.15, 0.2) is 0 Å². The Morgan fingerprint density at radius 2 is 1.03 bits per heavy atom. The average Bonchev–Trinajstić information content (AvgIpc) is 2.79. The number of benzene rings is 4. The highest BCUT2D eigenvalue weighted by molar-refractivity contribution is 7.95. The Morgan fingerprint density at radius 1 is 0.581 bits per heavy atom. The molecule has 0 aromatic heterocycles. The van der Waals surface area contributed by atoms with E-state index in [4.69, 9.17) is 4.74 Å². The van der Waals surface area contributed by atoms with Crippen LogP contribution in [0.25, 0.3) is 0 Å². The van der Waals surface area contributed by atoms with Crippen molar-refractivity contribution in [1.82, 2.24) is 0 Å². The Morgan fingerprint density at radius 3 is 1.45 bits per heavy atom. The van der Waals surface area contributed by atoms with Crippen LogP contribution in [-0.4, -0.2) is 7.11 Å². The van der Waals surface area contributed by atoms with Crippen molar-refractivity contribution in [3.63, 3.8) is 0 Å². The molecular formula is C29H30OP+. The van der Waals surface area contributed by atoms with Crippen LogP contribution >= 0.6 is 7.26 Å². The molecule has 0 saturated carbocycles. The topological polar surface area (TPSA) is 9.23 Å². The minimum Gasteiger partial charge on any atom is -0.497 e. The van der Waals surface area contributed by atoms with E-state index in [1.165, 1.54) is 38.2 Å². The van der Waals surface area contributed by atoms with Crippen molar-refractivity contribution in [1.29, 1.82) is 0 Å². The van der Waals surface area contributed by atoms with Crippen LogP contribution in [0.15, 0.2) is 97.1 Å². The SMILES string of the molecule is COc1cccc(C[P+](c2ccccc2C)(c2ccccc2C)c2ccccc2C)c1. The summed E-state index contributed by atoms with van der Waals surface area (Å²) in [7, 11) is -0.232. The van der Waals surface area contributed by atoms with Crippen molar-refractivity contribution in [3.05, 3.63) is 119 Å². The highest BCUT2D eigenvalue weighted by Crippen LogP contribution is 2.60. The molecule has 0 aliphatic heterocycles. The van der Waals surface area contributed by atoms with Gasteiger partial charge < -0.3 is 4.74 Å². The predicted molar refractivity (Wildman–Crippen MR) is 136 cm³/mol. The lowest BCUT2D eigenvalue weighted by molar-refractivity contribution is 0.414. The highest BCUT2D eigenvalue weighted by atomic mass is 31.2. The second-order valence-electron chi connectivity index (χ2n) is 8.18. The Kier molecular flexibility index (Phi) is 6.25. The van der Waals surface area contributed by atoms with Gasteiger partial charge in [-0.05, 0) is 73.4 Å². The molecule has 0 fully saturated rings. The van der Waals surface area contributed by atoms with E-state index in [-0.39, 0.29) is 0 Å². The molecule has 4 aromatic rings. The standard InChI is InChI=1S/C29H30OP/c1-22-12-5-8-17-27(22)31(28-18-9-6-13-23(28)2,29-19-10-7-14-24(29)3)21-25-15-11-16-26(20-25)30-4/h5-20H,21H2,1-4H3/q+1. The minimum atomic E-state index is -1.97. The van der Waals surface area contributed by atoms with Gasteiger partial charge in [0.1, 0.15) is 28.9 Å². The van der Waals surface area contributed by atoms with Gasteiger partial charge in [-0.1, -0.05) is 66.7 Å². The Labute approximate surface area is 187 Å². The van der Waals surface area contributed by atoms with E-state index in [0.717, 1.165) is 11.9 Å². The zero-order chi connectivity index (χ0) is 21.8. The fraction of sp³-hybridized carbons (Fsp3) is 0.172. The maximum atomic E-state index is 5.57. The van der Waals surface area contributed by atoms with Gasteiger partial charge in [-0.15, -0.1) is 0 Å². The lowest BCUT2D eigenvalue weighted by Crippen LogP contribution is -2.36. The van der Waals surface area contributed by atoms with Gasteiger partial charge in [-0.25, -0.2) is 0 Å². The molecule has 2 heteroatoms. The second-order valence-corrected chi connectivity index (χ2v) is 11.6. The largest absolute Gasteiger partial charge is 0.497 e. The summed E-state index contributed by atoms with van der Waals surface area (Å²) in [6, 6.07) is 35.4. The van der Waals surface area contributed by atoms with Crippen molar-refractivity contribution in [2.75, 3.05) is 7.11 Å². The zero-order valence-corrected chi connectivity index (χ0v) is 19.7. The van der Waals surface area contributed by atoms with Gasteiger partial charge in [0.25, 0.3) is 0 Å². The van der Waals surface area contributed by atoms with E-state index in [9.17, 15) is 0 Å². The molecular weight excluding hydrogens is 395 g/mol. The van der Waals surface area contributed by atoms with E-state index in [2.05, 4.69) is 112 Å². The molecule has 0 amide bonds. The van der Waals surface area contributed by atoms with Crippen LogP contribution in [0, 0.1) is 20.8 Å². The third-order valence-corrected chi connectivity index (χ3v) is 10.9. The van der Waals surface area contributed by atoms with Crippen molar-refractivity contribution in [2.45, 2.75) is 26.9 Å². The van der Waals surface area contributed by atoms with Gasteiger partial charge in [-0.2, -0.15) is 0 Å². The van der Waals surface area contributed by atoms with E-state index in [1.807, 2.05) is 6.07 Å². The summed E-state index contributed by atoms with van der Waals surface area (Å²) in [5.74, 6) is 0.912. The smallest absolute Gasteiger partial charge is 0.119 e. The van der Waals surface area contributed by atoms with Crippen molar-refractivity contribution in [2.24, 2.45) is 0 Å². The lowest BCUT2D eigenvalue weighted by Gasteiger charge is -2.31. The number of methoxy groups -OCH3 is 1. The Bertz CT molecular complexity index is 1080. The summed E-state index contributed by atoms with van der Waals surface area (Å²) in [5, 5.41) is 4.38. The van der Waals surface area contributed by atoms with Crippen LogP contribution in [0.2, 0.25) is 0 Å². The lowest BCUT2D eigenvalue weighted by atomic mass is 10.2. The van der Waals surface area contributed by atoms with Crippen LogP contribution in [0.4, 0.5) is 0 Å². The van der Waals surface area contributed by atoms with Crippen molar-refractivity contribution >= 4 is 23.2 Å². The molecule has 0 radical (unpaired) electrons. The molecule has 4 aromatic carbocycles. The van der Waals surface area contributed by atoms with Gasteiger partial charge >= 0.3 is 0 Å². The predicted octanol–water partition coefficient (Wildman–Crippen LogP) is 6.11. The number of aryl methyl sites for hydroxylation is 3. The molecule has 0 spiro atoms. The second kappa shape index (κ2) is 9.08. The van der Waals surface area contributed by atoms with Gasteiger partial charge in [0.05, 0.1) is 13.3 Å². The van der Waals surface area contributed by atoms with Crippen molar-refractivity contribution < 1.29 is 4.74 Å². The van der Waals surface area contributed by atoms with E-state index in [0.29, 0.717) is 0 Å². The molecule has 31 heavy (non-hydrogen) atoms. The summed E-state index contributed by atoms with van der Waals surface area (Å²) in [4.78, 5) is 0. The van der Waals surface area contributed by atoms with Gasteiger partial charge in [-0.3, -0.25) is 0 Å². The highest BCUT2D eigenvalue weighted by Gasteiger charge is 2.48. The molecule has 0 unspecified atom stereocenters. The molecule has 156 valence electrons. The first kappa shape index (κ1) is 21.3. The van der Waals surface area contributed by atoms with E-state index in [1.54, 1.807) is 7.11 Å². The van der Waals surface area contributed by atoms with Crippen LogP contribution in [0.5, 0.6) is 5.75 Å². The fourth-order valence-electron chi connectivity index (χ4n) is 4.66. The van der Waals surface area contributed by atoms with Crippen LogP contribution in [0.1, 0.15) is 22.3 Å². The minimum absolute atomic E-state index is 0.912. The maximum absolute atomic E-state index is 5.57. The summed E-state index contributed by atoms with van der Waals surface area (Å²) in [5.41, 5.74) is 5.36. The number of ether oxygens (including phenoxy) is 1. The molecule has 0 atom stereocenters. The first-order valence-corrected chi connectivity index (χ1v) is 12.7. The summed E-state index contributed by atoms with van der Waals surface area (Å²) >= 11 is 0. The number of rotatable bonds is 6. The zero-order valence-electron chi connectivity index (χ0n) is 18.8. The van der Waals surface area contributed by atoms with Crippen LogP contribution < -0.4 is 20.7 Å². The number of hydrogen-bond acceptors (Lipinski definition) is 1. The van der Waals surface area contributed by atoms with E-state index >= 15 is 0 Å². The Hall–Kier alpha value is -2.89. The van der Waals surface area contributed by atoms with Crippen LogP contribution in [-0.2, 0) is 6.16 Å². The van der Waals surface area contributed by atoms with Gasteiger partial charge in [0.2, 0.25) is 0 Å². The summed E-state index contributed by atoms with van der Waals surface area (Å²) in [6.07, 6.45) is 0.963. The van der Waals surface area contributed by atoms with Gasteiger partial charge in [0, 0.05) is 0 Å². The molecule has 0 saturated heterocycles. The molecule has 0 aliphatic rings. The normalized spacial score (nSPS) is 11.4. The summed E-state index contributed by atoms with van der Waals surface area (Å²) in [6.45, 7) is 6.77.